The lowest BCUT2D eigenvalue weighted by Gasteiger charge is -2.04. The lowest BCUT2D eigenvalue weighted by molar-refractivity contribution is 0.317. The van der Waals surface area contributed by atoms with E-state index in [-0.39, 0.29) is 24.8 Å². The molecule has 0 radical (unpaired) electrons. The summed E-state index contributed by atoms with van der Waals surface area (Å²) >= 11 is 5.74. The first-order valence-corrected chi connectivity index (χ1v) is 4.06. The normalized spacial score (nSPS) is 10.5. The Morgan fingerprint density at radius 2 is 2.29 bits per heavy atom. The van der Waals surface area contributed by atoms with E-state index in [1.807, 2.05) is 12.1 Å². The molecule has 0 spiro atoms. The van der Waals surface area contributed by atoms with Crippen molar-refractivity contribution >= 4 is 35.5 Å². The third-order valence-electron chi connectivity index (χ3n) is 1.43. The smallest absolute Gasteiger partial charge is 0.158 e. The molecule has 0 saturated carbocycles. The highest BCUT2D eigenvalue weighted by molar-refractivity contribution is 6.30. The van der Waals surface area contributed by atoms with Gasteiger partial charge < -0.3 is 16.3 Å². The van der Waals surface area contributed by atoms with Crippen molar-refractivity contribution in [2.45, 2.75) is 0 Å². The number of anilines is 1. The van der Waals surface area contributed by atoms with Crippen molar-refractivity contribution < 1.29 is 5.21 Å². The van der Waals surface area contributed by atoms with Crippen LogP contribution >= 0.6 is 24.0 Å². The first-order chi connectivity index (χ1) is 6.22. The molecule has 4 N–H and O–H groups in total. The van der Waals surface area contributed by atoms with Crippen molar-refractivity contribution in [3.05, 3.63) is 29.3 Å². The van der Waals surface area contributed by atoms with Gasteiger partial charge in [0, 0.05) is 10.7 Å². The lowest BCUT2D eigenvalue weighted by Crippen LogP contribution is -2.22. The Hall–Kier alpha value is -1.13. The Labute approximate surface area is 93.2 Å². The largest absolute Gasteiger partial charge is 0.409 e. The van der Waals surface area contributed by atoms with E-state index in [1.165, 1.54) is 0 Å². The molecule has 1 aromatic carbocycles. The number of hydrogen-bond acceptors (Lipinski definition) is 3. The minimum absolute atomic E-state index is 0. The molecule has 0 aromatic heterocycles. The van der Waals surface area contributed by atoms with E-state index < -0.39 is 0 Å². The second-order valence-electron chi connectivity index (χ2n) is 2.46. The third-order valence-corrected chi connectivity index (χ3v) is 1.66. The predicted octanol–water partition coefficient (Wildman–Crippen LogP) is 1.92. The first kappa shape index (κ1) is 12.9. The predicted molar refractivity (Wildman–Crippen MR) is 60.6 cm³/mol. The summed E-state index contributed by atoms with van der Waals surface area (Å²) in [6, 6.07) is 7.19. The van der Waals surface area contributed by atoms with E-state index in [4.69, 9.17) is 22.5 Å². The number of nitrogens with zero attached hydrogens (tertiary/aromatic N) is 1. The Balaban J connectivity index is 0.00000169. The second kappa shape index (κ2) is 6.34. The summed E-state index contributed by atoms with van der Waals surface area (Å²) in [5.41, 5.74) is 6.10. The molecular formula is C8H11Cl2N3O. The zero-order valence-electron chi connectivity index (χ0n) is 7.27. The number of amidine groups is 1. The van der Waals surface area contributed by atoms with Crippen molar-refractivity contribution in [2.75, 3.05) is 11.9 Å². The highest BCUT2D eigenvalue weighted by atomic mass is 35.5. The molecule has 0 atom stereocenters. The summed E-state index contributed by atoms with van der Waals surface area (Å²) in [7, 11) is 0. The standard InChI is InChI=1S/C8H10ClN3O.ClH/c9-6-2-1-3-7(4-6)11-5-8(10)12-13;/h1-4,11,13H,5H2,(H2,10,12);1H. The van der Waals surface area contributed by atoms with Gasteiger partial charge in [0.25, 0.3) is 0 Å². The number of halogens is 2. The van der Waals surface area contributed by atoms with E-state index in [1.54, 1.807) is 12.1 Å². The highest BCUT2D eigenvalue weighted by Crippen LogP contribution is 2.14. The van der Waals surface area contributed by atoms with Crippen LogP contribution in [0.5, 0.6) is 0 Å². The van der Waals surface area contributed by atoms with Gasteiger partial charge in [-0.2, -0.15) is 0 Å². The maximum Gasteiger partial charge on any atom is 0.158 e. The van der Waals surface area contributed by atoms with Crippen LogP contribution in [0.15, 0.2) is 29.4 Å². The Kier molecular flexibility index (Phi) is 5.83. The Morgan fingerprint density at radius 1 is 1.57 bits per heavy atom. The molecule has 1 rings (SSSR count). The molecule has 4 nitrogen and oxygen atoms in total. The number of nitrogens with two attached hydrogens (primary N) is 1. The van der Waals surface area contributed by atoms with Crippen LogP contribution in [-0.4, -0.2) is 17.6 Å². The van der Waals surface area contributed by atoms with Gasteiger partial charge in [-0.3, -0.25) is 0 Å². The maximum atomic E-state index is 8.26. The van der Waals surface area contributed by atoms with Gasteiger partial charge >= 0.3 is 0 Å². The van der Waals surface area contributed by atoms with Gasteiger partial charge in [0.05, 0.1) is 6.54 Å². The molecular weight excluding hydrogens is 225 g/mol. The zero-order chi connectivity index (χ0) is 9.68. The molecule has 0 aliphatic heterocycles. The fourth-order valence-corrected chi connectivity index (χ4v) is 1.02. The van der Waals surface area contributed by atoms with Gasteiger partial charge in [-0.1, -0.05) is 22.8 Å². The van der Waals surface area contributed by atoms with Crippen LogP contribution in [0.3, 0.4) is 0 Å². The van der Waals surface area contributed by atoms with E-state index in [0.29, 0.717) is 5.02 Å². The fourth-order valence-electron chi connectivity index (χ4n) is 0.826. The number of hydrogen-bond donors (Lipinski definition) is 3. The molecule has 0 aliphatic rings. The molecule has 0 fully saturated rings. The minimum atomic E-state index is 0. The van der Waals surface area contributed by atoms with Gasteiger partial charge in [-0.05, 0) is 18.2 Å². The average molecular weight is 236 g/mol. The summed E-state index contributed by atoms with van der Waals surface area (Å²) in [5.74, 6) is 0.125. The van der Waals surface area contributed by atoms with E-state index in [2.05, 4.69) is 10.5 Å². The van der Waals surface area contributed by atoms with Crippen LogP contribution in [0.2, 0.25) is 5.02 Å². The minimum Gasteiger partial charge on any atom is -0.409 e. The van der Waals surface area contributed by atoms with Crippen LogP contribution < -0.4 is 11.1 Å². The number of nitrogens with one attached hydrogen (secondary N) is 1. The first-order valence-electron chi connectivity index (χ1n) is 3.68. The summed E-state index contributed by atoms with van der Waals surface area (Å²) in [5, 5.41) is 14.7. The van der Waals surface area contributed by atoms with Crippen molar-refractivity contribution in [1.29, 1.82) is 0 Å². The molecule has 1 aromatic rings. The van der Waals surface area contributed by atoms with Crippen LogP contribution in [0, 0.1) is 0 Å². The van der Waals surface area contributed by atoms with Gasteiger partial charge in [-0.15, -0.1) is 12.4 Å². The highest BCUT2D eigenvalue weighted by Gasteiger charge is 1.94. The van der Waals surface area contributed by atoms with Gasteiger partial charge in [0.2, 0.25) is 0 Å². The summed E-state index contributed by atoms with van der Waals surface area (Å²) < 4.78 is 0. The summed E-state index contributed by atoms with van der Waals surface area (Å²) in [4.78, 5) is 0. The molecule has 0 saturated heterocycles. The van der Waals surface area contributed by atoms with Crippen LogP contribution in [-0.2, 0) is 0 Å². The SMILES string of the molecule is Cl.NC(CNc1cccc(Cl)c1)=NO. The molecule has 6 heteroatoms. The molecule has 0 bridgehead atoms. The number of rotatable bonds is 3. The average Bonchev–Trinajstić information content (AvgIpc) is 2.14. The van der Waals surface area contributed by atoms with Crippen molar-refractivity contribution in [3.8, 4) is 0 Å². The van der Waals surface area contributed by atoms with E-state index >= 15 is 0 Å². The molecule has 78 valence electrons. The topological polar surface area (TPSA) is 70.6 Å². The monoisotopic (exact) mass is 235 g/mol. The number of oxime groups is 1. The van der Waals surface area contributed by atoms with Crippen LogP contribution in [0.25, 0.3) is 0 Å². The Bertz CT molecular complexity index is 317. The van der Waals surface area contributed by atoms with Gasteiger partial charge in [-0.25, -0.2) is 0 Å². The second-order valence-corrected chi connectivity index (χ2v) is 2.89. The third kappa shape index (κ3) is 4.20. The summed E-state index contributed by atoms with van der Waals surface area (Å²) in [6.07, 6.45) is 0. The molecule has 0 aliphatic carbocycles. The zero-order valence-corrected chi connectivity index (χ0v) is 8.85. The molecule has 0 heterocycles. The fraction of sp³-hybridized carbons (Fsp3) is 0.125. The molecule has 0 unspecified atom stereocenters. The lowest BCUT2D eigenvalue weighted by atomic mass is 10.3. The molecule has 0 amide bonds. The maximum absolute atomic E-state index is 8.26. The van der Waals surface area contributed by atoms with Gasteiger partial charge in [0.1, 0.15) is 0 Å². The van der Waals surface area contributed by atoms with Crippen LogP contribution in [0.1, 0.15) is 0 Å². The molecule has 14 heavy (non-hydrogen) atoms. The van der Waals surface area contributed by atoms with Crippen molar-refractivity contribution in [1.82, 2.24) is 0 Å². The van der Waals surface area contributed by atoms with Gasteiger partial charge in [0.15, 0.2) is 5.84 Å². The number of benzene rings is 1. The van der Waals surface area contributed by atoms with E-state index in [0.717, 1.165) is 5.69 Å². The van der Waals surface area contributed by atoms with Crippen molar-refractivity contribution in [3.63, 3.8) is 0 Å². The Morgan fingerprint density at radius 3 is 2.86 bits per heavy atom. The van der Waals surface area contributed by atoms with Crippen LogP contribution in [0.4, 0.5) is 5.69 Å². The quantitative estimate of drug-likeness (QED) is 0.325. The van der Waals surface area contributed by atoms with Crippen molar-refractivity contribution in [2.24, 2.45) is 10.9 Å². The van der Waals surface area contributed by atoms with E-state index in [9.17, 15) is 0 Å². The summed E-state index contributed by atoms with van der Waals surface area (Å²) in [6.45, 7) is 0.289.